The van der Waals surface area contributed by atoms with E-state index >= 15 is 0 Å². The highest BCUT2D eigenvalue weighted by molar-refractivity contribution is 5.97. The number of rotatable bonds is 10. The number of nitrogens with one attached hydrogen (secondary N) is 3. The van der Waals surface area contributed by atoms with E-state index in [1.54, 1.807) is 32.0 Å². The first-order valence-corrected chi connectivity index (χ1v) is 15.4. The number of Topliss-reactive ketones (excluding diaryl/α,β-unsaturated/α-hetero) is 2. The van der Waals surface area contributed by atoms with Crippen LogP contribution in [0.1, 0.15) is 57.2 Å². The maximum absolute atomic E-state index is 13.9. The first kappa shape index (κ1) is 34.8. The number of carbonyl (C=O) groups is 4. The van der Waals surface area contributed by atoms with Gasteiger partial charge in [0.05, 0.1) is 24.7 Å². The van der Waals surface area contributed by atoms with Crippen LogP contribution in [0.25, 0.3) is 10.9 Å². The number of nitrogens with zero attached hydrogens (tertiary/aromatic N) is 3. The number of anilines is 2. The van der Waals surface area contributed by atoms with Gasteiger partial charge in [0.1, 0.15) is 29.7 Å². The molecule has 5 rings (SSSR count). The van der Waals surface area contributed by atoms with Crippen LogP contribution in [0.4, 0.5) is 11.5 Å². The molecular weight excluding hydrogens is 608 g/mol. The summed E-state index contributed by atoms with van der Waals surface area (Å²) in [6.45, 7) is 7.90. The molecule has 0 spiro atoms. The molecule has 2 heterocycles. The van der Waals surface area contributed by atoms with Gasteiger partial charge >= 0.3 is 0 Å². The Kier molecular flexibility index (Phi) is 10.7. The standard InChI is InChI=1S/C34H42N6O5.ClH/c1-19(35-5)32(43)39-30(34(2,3)4)33(44)40-11-7-8-27(40)28(42)16-22-15-25-26(17-29(22)45-6)36-18-37-31(25)38-23-10-9-20-13-24(41)14-21(20)12-23;/h9-10,12,15,17-19,27,30,35H,7-8,11,13-14,16H2,1-6H3,(H,39,43)(H,36,37,38);1H/t19-,27-,30+;/m0./s1. The summed E-state index contributed by atoms with van der Waals surface area (Å²) >= 11 is 0. The molecule has 46 heavy (non-hydrogen) atoms. The molecule has 2 amide bonds. The van der Waals surface area contributed by atoms with E-state index in [4.69, 9.17) is 4.74 Å². The van der Waals surface area contributed by atoms with Crippen LogP contribution in [-0.4, -0.2) is 77.1 Å². The van der Waals surface area contributed by atoms with Gasteiger partial charge in [0, 0.05) is 48.5 Å². The largest absolute Gasteiger partial charge is 0.496 e. The minimum absolute atomic E-state index is 0. The van der Waals surface area contributed by atoms with Gasteiger partial charge in [-0.1, -0.05) is 26.8 Å². The Morgan fingerprint density at radius 3 is 2.52 bits per heavy atom. The first-order chi connectivity index (χ1) is 21.4. The van der Waals surface area contributed by atoms with Gasteiger partial charge in [0.25, 0.3) is 0 Å². The molecule has 11 nitrogen and oxygen atoms in total. The molecule has 2 aliphatic rings. The summed E-state index contributed by atoms with van der Waals surface area (Å²) in [5.41, 5.74) is 3.62. The van der Waals surface area contributed by atoms with Crippen LogP contribution < -0.4 is 20.7 Å². The highest BCUT2D eigenvalue weighted by Gasteiger charge is 2.42. The smallest absolute Gasteiger partial charge is 0.246 e. The summed E-state index contributed by atoms with van der Waals surface area (Å²) in [7, 11) is 3.24. The lowest BCUT2D eigenvalue weighted by molar-refractivity contribution is -0.143. The van der Waals surface area contributed by atoms with Gasteiger partial charge in [-0.2, -0.15) is 0 Å². The summed E-state index contributed by atoms with van der Waals surface area (Å²) < 4.78 is 5.67. The Morgan fingerprint density at radius 2 is 1.83 bits per heavy atom. The maximum Gasteiger partial charge on any atom is 0.246 e. The minimum Gasteiger partial charge on any atom is -0.496 e. The van der Waals surface area contributed by atoms with Crippen molar-refractivity contribution >= 4 is 58.2 Å². The number of likely N-dealkylation sites (tertiary alicyclic amines) is 1. The van der Waals surface area contributed by atoms with E-state index in [2.05, 4.69) is 25.9 Å². The molecule has 0 bridgehead atoms. The number of carbonyl (C=O) groups excluding carboxylic acids is 4. The summed E-state index contributed by atoms with van der Waals surface area (Å²) in [5.74, 6) is 0.674. The predicted molar refractivity (Wildman–Crippen MR) is 179 cm³/mol. The van der Waals surface area contributed by atoms with E-state index in [1.807, 2.05) is 45.0 Å². The zero-order chi connectivity index (χ0) is 32.5. The van der Waals surface area contributed by atoms with Crippen molar-refractivity contribution in [2.24, 2.45) is 5.41 Å². The second-order valence-corrected chi connectivity index (χ2v) is 13.1. The van der Waals surface area contributed by atoms with Crippen molar-refractivity contribution in [1.29, 1.82) is 0 Å². The molecule has 1 saturated heterocycles. The van der Waals surface area contributed by atoms with Gasteiger partial charge in [-0.3, -0.25) is 19.2 Å². The number of hydrogen-bond donors (Lipinski definition) is 3. The van der Waals surface area contributed by atoms with E-state index in [1.165, 1.54) is 6.33 Å². The van der Waals surface area contributed by atoms with Crippen molar-refractivity contribution in [3.8, 4) is 5.75 Å². The highest BCUT2D eigenvalue weighted by atomic mass is 35.5. The lowest BCUT2D eigenvalue weighted by atomic mass is 9.85. The number of ketones is 2. The monoisotopic (exact) mass is 650 g/mol. The fourth-order valence-electron chi connectivity index (χ4n) is 6.10. The third-order valence-electron chi connectivity index (χ3n) is 8.78. The van der Waals surface area contributed by atoms with Gasteiger partial charge in [-0.25, -0.2) is 9.97 Å². The third kappa shape index (κ3) is 7.31. The average molecular weight is 651 g/mol. The number of likely N-dealkylation sites (N-methyl/N-ethyl adjacent to an activating group) is 1. The van der Waals surface area contributed by atoms with Crippen molar-refractivity contribution < 1.29 is 23.9 Å². The van der Waals surface area contributed by atoms with Gasteiger partial charge in [-0.15, -0.1) is 12.4 Å². The van der Waals surface area contributed by atoms with Crippen LogP contribution in [0.5, 0.6) is 5.75 Å². The lowest BCUT2D eigenvalue weighted by Crippen LogP contribution is -2.58. The topological polar surface area (TPSA) is 143 Å². The van der Waals surface area contributed by atoms with Crippen molar-refractivity contribution in [3.05, 3.63) is 53.3 Å². The Balaban J connectivity index is 0.00000480. The maximum atomic E-state index is 13.9. The number of amides is 2. The highest BCUT2D eigenvalue weighted by Crippen LogP contribution is 2.33. The Hall–Kier alpha value is -4.09. The number of methoxy groups -OCH3 is 1. The molecule has 1 aromatic heterocycles. The van der Waals surface area contributed by atoms with Crippen LogP contribution in [0.15, 0.2) is 36.7 Å². The summed E-state index contributed by atoms with van der Waals surface area (Å²) in [6.07, 6.45) is 3.66. The number of fused-ring (bicyclic) bond motifs is 2. The van der Waals surface area contributed by atoms with Crippen LogP contribution in [0, 0.1) is 5.41 Å². The molecule has 12 heteroatoms. The van der Waals surface area contributed by atoms with E-state index in [-0.39, 0.29) is 42.2 Å². The fraction of sp³-hybridized carbons (Fsp3) is 0.471. The molecule has 3 aromatic rings. The van der Waals surface area contributed by atoms with E-state index < -0.39 is 23.5 Å². The van der Waals surface area contributed by atoms with Crippen LogP contribution in [0.2, 0.25) is 0 Å². The van der Waals surface area contributed by atoms with E-state index in [0.717, 1.165) is 16.8 Å². The molecule has 0 radical (unpaired) electrons. The lowest BCUT2D eigenvalue weighted by Gasteiger charge is -2.36. The number of hydrogen-bond acceptors (Lipinski definition) is 9. The zero-order valence-corrected chi connectivity index (χ0v) is 28.0. The summed E-state index contributed by atoms with van der Waals surface area (Å²) in [6, 6.07) is 7.66. The second kappa shape index (κ2) is 14.1. The van der Waals surface area contributed by atoms with Crippen LogP contribution >= 0.6 is 12.4 Å². The zero-order valence-electron chi connectivity index (χ0n) is 27.2. The van der Waals surface area contributed by atoms with Crippen molar-refractivity contribution in [2.45, 2.75) is 77.9 Å². The summed E-state index contributed by atoms with van der Waals surface area (Å²) in [5, 5.41) is 9.90. The molecular formula is C34H43ClN6O5. The predicted octanol–water partition coefficient (Wildman–Crippen LogP) is 3.71. The molecule has 1 fully saturated rings. The first-order valence-electron chi connectivity index (χ1n) is 15.4. The Morgan fingerprint density at radius 1 is 1.09 bits per heavy atom. The second-order valence-electron chi connectivity index (χ2n) is 13.1. The van der Waals surface area contributed by atoms with Crippen LogP contribution in [0.3, 0.4) is 0 Å². The van der Waals surface area contributed by atoms with Crippen LogP contribution in [-0.2, 0) is 38.4 Å². The average Bonchev–Trinajstić information content (AvgIpc) is 3.64. The Labute approximate surface area is 275 Å². The number of halogens is 1. The van der Waals surface area contributed by atoms with Crippen molar-refractivity contribution in [1.82, 2.24) is 25.5 Å². The van der Waals surface area contributed by atoms with E-state index in [9.17, 15) is 19.2 Å². The SMILES string of the molecule is CN[C@@H](C)C(=O)N[C@H](C(=O)N1CCC[C@H]1C(=O)Cc1cc2c(Nc3ccc4c(c3)CC(=O)C4)ncnc2cc1OC)C(C)(C)C.Cl. The minimum atomic E-state index is -0.785. The molecule has 0 unspecified atom stereocenters. The van der Waals surface area contributed by atoms with Gasteiger partial charge in [0.15, 0.2) is 5.78 Å². The summed E-state index contributed by atoms with van der Waals surface area (Å²) in [4.78, 5) is 62.9. The van der Waals surface area contributed by atoms with Gasteiger partial charge in [-0.05, 0) is 61.6 Å². The fourth-order valence-corrected chi connectivity index (χ4v) is 6.10. The van der Waals surface area contributed by atoms with Crippen molar-refractivity contribution in [2.75, 3.05) is 26.0 Å². The van der Waals surface area contributed by atoms with Crippen molar-refractivity contribution in [3.63, 3.8) is 0 Å². The third-order valence-corrected chi connectivity index (χ3v) is 8.78. The van der Waals surface area contributed by atoms with Gasteiger partial charge in [0.2, 0.25) is 11.8 Å². The molecule has 246 valence electrons. The molecule has 1 aliphatic carbocycles. The quantitative estimate of drug-likeness (QED) is 0.299. The van der Waals surface area contributed by atoms with E-state index in [0.29, 0.717) is 60.3 Å². The molecule has 0 saturated carbocycles. The van der Waals surface area contributed by atoms with Gasteiger partial charge < -0.3 is 25.6 Å². The normalized spacial score (nSPS) is 17.2. The molecule has 2 aromatic carbocycles. The Bertz CT molecular complexity index is 1650. The molecule has 3 N–H and O–H groups in total. The number of ether oxygens (including phenoxy) is 1. The molecule has 1 aliphatic heterocycles. The number of benzene rings is 2. The number of aromatic nitrogens is 2. The molecule has 3 atom stereocenters.